The Kier molecular flexibility index (Phi) is 5.27. The van der Waals surface area contributed by atoms with E-state index in [1.54, 1.807) is 31.2 Å². The highest BCUT2D eigenvalue weighted by Gasteiger charge is 2.54. The van der Waals surface area contributed by atoms with E-state index in [1.165, 1.54) is 19.3 Å². The standard InChI is InChI=1S/C21H27N3O3S/c1-2-27-18(25)16-3-5-17(6-4-16)22-20(28)24-23-19(26)21-10-13-7-14(11-21)9-15(8-13)12-21/h3-6,13-15H,2,7-12H2,1H3,(H,23,26)(H2,22,24,28). The summed E-state index contributed by atoms with van der Waals surface area (Å²) < 4.78 is 4.97. The number of amides is 1. The highest BCUT2D eigenvalue weighted by atomic mass is 32.1. The van der Waals surface area contributed by atoms with Gasteiger partial charge in [-0.05, 0) is 99.7 Å². The SMILES string of the molecule is CCOC(=O)c1ccc(NC(=S)NNC(=O)C23CC4CC(CC(C4)C2)C3)cc1. The summed E-state index contributed by atoms with van der Waals surface area (Å²) in [6.07, 6.45) is 6.97. The van der Waals surface area contributed by atoms with Crippen LogP contribution in [0.5, 0.6) is 0 Å². The summed E-state index contributed by atoms with van der Waals surface area (Å²) in [6, 6.07) is 6.86. The molecule has 1 aromatic carbocycles. The fourth-order valence-corrected chi connectivity index (χ4v) is 5.87. The monoisotopic (exact) mass is 401 g/mol. The molecule has 4 aliphatic carbocycles. The molecular weight excluding hydrogens is 374 g/mol. The maximum Gasteiger partial charge on any atom is 0.338 e. The Bertz CT molecular complexity index is 742. The Morgan fingerprint density at radius 2 is 1.61 bits per heavy atom. The minimum absolute atomic E-state index is 0.0772. The first-order valence-electron chi connectivity index (χ1n) is 10.1. The summed E-state index contributed by atoms with van der Waals surface area (Å²) in [4.78, 5) is 24.6. The van der Waals surface area contributed by atoms with Crippen LogP contribution < -0.4 is 16.2 Å². The number of benzene rings is 1. The smallest absolute Gasteiger partial charge is 0.338 e. The first-order valence-corrected chi connectivity index (χ1v) is 10.5. The van der Waals surface area contributed by atoms with Gasteiger partial charge >= 0.3 is 5.97 Å². The normalized spacial score (nSPS) is 29.8. The average Bonchev–Trinajstić information content (AvgIpc) is 2.66. The lowest BCUT2D eigenvalue weighted by Gasteiger charge is -2.55. The summed E-state index contributed by atoms with van der Waals surface area (Å²) in [5.74, 6) is 1.89. The fraction of sp³-hybridized carbons (Fsp3) is 0.571. The number of hydrogen-bond acceptors (Lipinski definition) is 4. The van der Waals surface area contributed by atoms with Crippen molar-refractivity contribution in [3.05, 3.63) is 29.8 Å². The van der Waals surface area contributed by atoms with Crippen LogP contribution in [0.25, 0.3) is 0 Å². The van der Waals surface area contributed by atoms with Gasteiger partial charge in [0.1, 0.15) is 0 Å². The summed E-state index contributed by atoms with van der Waals surface area (Å²) in [6.45, 7) is 2.12. The van der Waals surface area contributed by atoms with Crippen LogP contribution in [0.4, 0.5) is 5.69 Å². The second-order valence-corrected chi connectivity index (χ2v) is 8.94. The quantitative estimate of drug-likeness (QED) is 0.408. The Morgan fingerprint density at radius 1 is 1.04 bits per heavy atom. The van der Waals surface area contributed by atoms with E-state index >= 15 is 0 Å². The molecule has 0 heterocycles. The maximum absolute atomic E-state index is 12.9. The van der Waals surface area contributed by atoms with Crippen molar-refractivity contribution < 1.29 is 14.3 Å². The maximum atomic E-state index is 12.9. The van der Waals surface area contributed by atoms with Gasteiger partial charge in [-0.15, -0.1) is 0 Å². The predicted octanol–water partition coefficient (Wildman–Crippen LogP) is 3.40. The molecule has 1 aromatic rings. The van der Waals surface area contributed by atoms with Crippen molar-refractivity contribution >= 4 is 34.9 Å². The molecule has 0 saturated heterocycles. The number of esters is 1. The van der Waals surface area contributed by atoms with Crippen LogP contribution in [0.15, 0.2) is 24.3 Å². The van der Waals surface area contributed by atoms with Gasteiger partial charge in [-0.3, -0.25) is 15.6 Å². The number of hydrogen-bond donors (Lipinski definition) is 3. The highest BCUT2D eigenvalue weighted by molar-refractivity contribution is 7.80. The van der Waals surface area contributed by atoms with Crippen LogP contribution >= 0.6 is 12.2 Å². The minimum Gasteiger partial charge on any atom is -0.462 e. The number of anilines is 1. The van der Waals surface area contributed by atoms with Crippen LogP contribution in [0, 0.1) is 23.2 Å². The molecule has 4 saturated carbocycles. The first-order chi connectivity index (χ1) is 13.5. The Morgan fingerprint density at radius 3 is 2.14 bits per heavy atom. The van der Waals surface area contributed by atoms with Crippen LogP contribution in [0.3, 0.4) is 0 Å². The summed E-state index contributed by atoms with van der Waals surface area (Å²) >= 11 is 5.29. The molecule has 4 fully saturated rings. The Labute approximate surface area is 170 Å². The number of carbonyl (C=O) groups excluding carboxylic acids is 2. The van der Waals surface area contributed by atoms with Gasteiger partial charge in [0.25, 0.3) is 0 Å². The van der Waals surface area contributed by atoms with Gasteiger partial charge in [-0.2, -0.15) is 0 Å². The topological polar surface area (TPSA) is 79.5 Å². The second-order valence-electron chi connectivity index (χ2n) is 8.53. The molecule has 150 valence electrons. The third-order valence-electron chi connectivity index (χ3n) is 6.46. The summed E-state index contributed by atoms with van der Waals surface area (Å²) in [5.41, 5.74) is 6.69. The molecule has 0 spiro atoms. The molecule has 0 unspecified atom stereocenters. The highest BCUT2D eigenvalue weighted by Crippen LogP contribution is 2.60. The molecule has 4 bridgehead atoms. The molecule has 3 N–H and O–H groups in total. The lowest BCUT2D eigenvalue weighted by Crippen LogP contribution is -2.57. The van der Waals surface area contributed by atoms with E-state index in [1.807, 2.05) is 0 Å². The molecule has 1 amide bonds. The van der Waals surface area contributed by atoms with Crippen molar-refractivity contribution in [2.75, 3.05) is 11.9 Å². The van der Waals surface area contributed by atoms with Crippen molar-refractivity contribution in [1.82, 2.24) is 10.9 Å². The third-order valence-corrected chi connectivity index (χ3v) is 6.67. The van der Waals surface area contributed by atoms with E-state index in [0.717, 1.165) is 42.7 Å². The summed E-state index contributed by atoms with van der Waals surface area (Å²) in [7, 11) is 0. The first kappa shape index (κ1) is 19.2. The number of hydrazine groups is 1. The van der Waals surface area contributed by atoms with Gasteiger partial charge < -0.3 is 10.1 Å². The van der Waals surface area contributed by atoms with Crippen LogP contribution in [0.2, 0.25) is 0 Å². The van der Waals surface area contributed by atoms with Gasteiger partial charge in [-0.25, -0.2) is 4.79 Å². The second kappa shape index (κ2) is 7.70. The molecule has 5 rings (SSSR count). The fourth-order valence-electron chi connectivity index (χ4n) is 5.70. The van der Waals surface area contributed by atoms with Crippen molar-refractivity contribution in [2.45, 2.75) is 45.4 Å². The Hall–Kier alpha value is -2.15. The van der Waals surface area contributed by atoms with Crippen LogP contribution in [-0.2, 0) is 9.53 Å². The van der Waals surface area contributed by atoms with Crippen molar-refractivity contribution in [3.8, 4) is 0 Å². The largest absolute Gasteiger partial charge is 0.462 e. The molecule has 4 aliphatic rings. The van der Waals surface area contributed by atoms with Gasteiger partial charge in [0.15, 0.2) is 5.11 Å². The lowest BCUT2D eigenvalue weighted by atomic mass is 9.49. The van der Waals surface area contributed by atoms with Gasteiger partial charge in [0.05, 0.1) is 17.6 Å². The van der Waals surface area contributed by atoms with Crippen molar-refractivity contribution in [2.24, 2.45) is 23.2 Å². The number of nitrogens with one attached hydrogen (secondary N) is 3. The summed E-state index contributed by atoms with van der Waals surface area (Å²) in [5, 5.41) is 3.34. The van der Waals surface area contributed by atoms with E-state index in [2.05, 4.69) is 16.2 Å². The average molecular weight is 402 g/mol. The molecule has 6 nitrogen and oxygen atoms in total. The van der Waals surface area contributed by atoms with Gasteiger partial charge in [-0.1, -0.05) is 0 Å². The molecule has 0 atom stereocenters. The number of rotatable bonds is 4. The molecular formula is C21H27N3O3S. The van der Waals surface area contributed by atoms with Crippen molar-refractivity contribution in [3.63, 3.8) is 0 Å². The number of carbonyl (C=O) groups is 2. The van der Waals surface area contributed by atoms with Crippen LogP contribution in [-0.4, -0.2) is 23.6 Å². The van der Waals surface area contributed by atoms with E-state index in [9.17, 15) is 9.59 Å². The van der Waals surface area contributed by atoms with Crippen molar-refractivity contribution in [1.29, 1.82) is 0 Å². The predicted molar refractivity (Wildman–Crippen MR) is 111 cm³/mol. The molecule has 28 heavy (non-hydrogen) atoms. The number of thiocarbonyl (C=S) groups is 1. The van der Waals surface area contributed by atoms with Crippen LogP contribution in [0.1, 0.15) is 55.8 Å². The molecule has 0 aromatic heterocycles. The molecule has 0 radical (unpaired) electrons. The zero-order valence-electron chi connectivity index (χ0n) is 16.1. The van der Waals surface area contributed by atoms with Gasteiger partial charge in [0.2, 0.25) is 5.91 Å². The van der Waals surface area contributed by atoms with E-state index in [0.29, 0.717) is 17.3 Å². The molecule has 0 aliphatic heterocycles. The van der Waals surface area contributed by atoms with E-state index < -0.39 is 0 Å². The van der Waals surface area contributed by atoms with E-state index in [4.69, 9.17) is 17.0 Å². The lowest BCUT2D eigenvalue weighted by molar-refractivity contribution is -0.146. The zero-order valence-corrected chi connectivity index (χ0v) is 16.9. The van der Waals surface area contributed by atoms with E-state index in [-0.39, 0.29) is 17.3 Å². The molecule has 7 heteroatoms. The Balaban J connectivity index is 1.29. The van der Waals surface area contributed by atoms with Gasteiger partial charge in [0, 0.05) is 5.69 Å². The zero-order chi connectivity index (χ0) is 19.7. The minimum atomic E-state index is -0.349. The third kappa shape index (κ3) is 3.85. The number of ether oxygens (including phenoxy) is 1.